The van der Waals surface area contributed by atoms with Crippen LogP contribution in [0.15, 0.2) is 48.8 Å². The number of hydrogen-bond donors (Lipinski definition) is 2. The largest absolute Gasteiger partial charge is 0.354 e. The highest BCUT2D eigenvalue weighted by Crippen LogP contribution is 2.05. The maximum absolute atomic E-state index is 13.4. The average Bonchev–Trinajstić information content (AvgIpc) is 2.55. The Bertz CT molecular complexity index is 647. The first-order chi connectivity index (χ1) is 10.7. The molecule has 6 heteroatoms. The van der Waals surface area contributed by atoms with Crippen LogP contribution in [0.2, 0.25) is 0 Å². The number of halogens is 1. The minimum Gasteiger partial charge on any atom is -0.354 e. The molecule has 2 amide bonds. The molecule has 0 atom stereocenters. The van der Waals surface area contributed by atoms with Gasteiger partial charge in [0.05, 0.1) is 12.1 Å². The molecule has 114 valence electrons. The fourth-order valence-electron chi connectivity index (χ4n) is 1.86. The number of nitrogens with zero attached hydrogens (tertiary/aromatic N) is 1. The summed E-state index contributed by atoms with van der Waals surface area (Å²) in [5.74, 6) is -0.979. The molecule has 5 nitrogen and oxygen atoms in total. The monoisotopic (exact) mass is 301 g/mol. The van der Waals surface area contributed by atoms with Crippen molar-refractivity contribution in [3.8, 4) is 0 Å². The smallest absolute Gasteiger partial charge is 0.253 e. The van der Waals surface area contributed by atoms with Crippen molar-refractivity contribution >= 4 is 11.8 Å². The van der Waals surface area contributed by atoms with E-state index in [0.717, 1.165) is 0 Å². The first kappa shape index (κ1) is 15.6. The van der Waals surface area contributed by atoms with Crippen LogP contribution in [0.5, 0.6) is 0 Å². The molecule has 1 aromatic carbocycles. The third-order valence-electron chi connectivity index (χ3n) is 3.01. The minimum absolute atomic E-state index is 0.134. The summed E-state index contributed by atoms with van der Waals surface area (Å²) in [6.07, 6.45) is 3.38. The number of benzene rings is 1. The molecule has 0 radical (unpaired) electrons. The molecule has 1 heterocycles. The van der Waals surface area contributed by atoms with E-state index in [1.807, 2.05) is 0 Å². The van der Waals surface area contributed by atoms with Crippen molar-refractivity contribution in [1.82, 2.24) is 15.6 Å². The Hall–Kier alpha value is -2.76. The Morgan fingerprint density at radius 1 is 1.09 bits per heavy atom. The molecular weight excluding hydrogens is 285 g/mol. The van der Waals surface area contributed by atoms with Crippen LogP contribution in [0.25, 0.3) is 0 Å². The Kier molecular flexibility index (Phi) is 5.59. The van der Waals surface area contributed by atoms with Crippen LogP contribution in [0.4, 0.5) is 4.39 Å². The van der Waals surface area contributed by atoms with Crippen LogP contribution in [0.1, 0.15) is 15.9 Å². The molecule has 2 N–H and O–H groups in total. The lowest BCUT2D eigenvalue weighted by Gasteiger charge is -2.07. The van der Waals surface area contributed by atoms with Gasteiger partial charge in [-0.3, -0.25) is 14.6 Å². The van der Waals surface area contributed by atoms with Gasteiger partial charge in [0.1, 0.15) is 5.82 Å². The molecule has 0 spiro atoms. The van der Waals surface area contributed by atoms with Crippen molar-refractivity contribution in [1.29, 1.82) is 0 Å². The number of carbonyl (C=O) groups excluding carboxylic acids is 2. The highest BCUT2D eigenvalue weighted by atomic mass is 19.1. The number of aromatic nitrogens is 1. The molecule has 0 aliphatic carbocycles. The van der Waals surface area contributed by atoms with E-state index in [9.17, 15) is 14.0 Å². The summed E-state index contributed by atoms with van der Waals surface area (Å²) in [5.41, 5.74) is 0.934. The predicted octanol–water partition coefficient (Wildman–Crippen LogP) is 1.31. The molecule has 22 heavy (non-hydrogen) atoms. The number of rotatable bonds is 6. The molecule has 0 saturated carbocycles. The number of carbonyl (C=O) groups is 2. The number of nitrogens with one attached hydrogen (secondary N) is 2. The molecular formula is C16H16FN3O2. The number of amides is 2. The molecule has 2 aromatic rings. The van der Waals surface area contributed by atoms with Gasteiger partial charge in [0.15, 0.2) is 0 Å². The van der Waals surface area contributed by atoms with Crippen LogP contribution < -0.4 is 10.6 Å². The lowest BCUT2D eigenvalue weighted by Crippen LogP contribution is -2.37. The average molecular weight is 301 g/mol. The number of pyridine rings is 1. The predicted molar refractivity (Wildman–Crippen MR) is 79.7 cm³/mol. The zero-order valence-corrected chi connectivity index (χ0v) is 11.9. The summed E-state index contributed by atoms with van der Waals surface area (Å²) in [6.45, 7) is 0.174. The quantitative estimate of drug-likeness (QED) is 0.845. The summed E-state index contributed by atoms with van der Waals surface area (Å²) in [5, 5.41) is 5.12. The Labute approximate surface area is 127 Å². The molecule has 2 rings (SSSR count). The van der Waals surface area contributed by atoms with E-state index in [1.165, 1.54) is 12.3 Å². The van der Waals surface area contributed by atoms with Crippen LogP contribution in [-0.2, 0) is 11.2 Å². The van der Waals surface area contributed by atoms with Crippen molar-refractivity contribution < 1.29 is 14.0 Å². The fourth-order valence-corrected chi connectivity index (χ4v) is 1.86. The van der Waals surface area contributed by atoms with E-state index in [0.29, 0.717) is 24.1 Å². The van der Waals surface area contributed by atoms with Gasteiger partial charge in [-0.25, -0.2) is 4.39 Å². The zero-order chi connectivity index (χ0) is 15.8. The van der Waals surface area contributed by atoms with E-state index in [2.05, 4.69) is 15.6 Å². The van der Waals surface area contributed by atoms with Crippen LogP contribution >= 0.6 is 0 Å². The highest BCUT2D eigenvalue weighted by molar-refractivity contribution is 5.96. The second-order valence-corrected chi connectivity index (χ2v) is 4.62. The maximum Gasteiger partial charge on any atom is 0.253 e. The third-order valence-corrected chi connectivity index (χ3v) is 3.01. The van der Waals surface area contributed by atoms with Crippen LogP contribution in [-0.4, -0.2) is 29.9 Å². The maximum atomic E-state index is 13.4. The normalized spacial score (nSPS) is 10.0. The summed E-state index contributed by atoms with van der Waals surface area (Å²) < 4.78 is 13.4. The second-order valence-electron chi connectivity index (χ2n) is 4.62. The first-order valence-electron chi connectivity index (χ1n) is 6.85. The van der Waals surface area contributed by atoms with E-state index in [-0.39, 0.29) is 24.2 Å². The fraction of sp³-hybridized carbons (Fsp3) is 0.188. The van der Waals surface area contributed by atoms with Gasteiger partial charge in [0, 0.05) is 18.9 Å². The summed E-state index contributed by atoms with van der Waals surface area (Å²) in [7, 11) is 0. The van der Waals surface area contributed by atoms with Crippen molar-refractivity contribution in [2.45, 2.75) is 6.42 Å². The van der Waals surface area contributed by atoms with E-state index in [4.69, 9.17) is 0 Å². The molecule has 0 aliphatic heterocycles. The van der Waals surface area contributed by atoms with E-state index < -0.39 is 0 Å². The minimum atomic E-state index is -0.364. The van der Waals surface area contributed by atoms with Gasteiger partial charge in [-0.15, -0.1) is 0 Å². The number of hydrogen-bond acceptors (Lipinski definition) is 3. The van der Waals surface area contributed by atoms with Crippen molar-refractivity contribution in [3.63, 3.8) is 0 Å². The third kappa shape index (κ3) is 4.66. The van der Waals surface area contributed by atoms with Gasteiger partial charge in [0.2, 0.25) is 5.91 Å². The van der Waals surface area contributed by atoms with Crippen molar-refractivity contribution in [3.05, 3.63) is 65.7 Å². The van der Waals surface area contributed by atoms with Gasteiger partial charge < -0.3 is 10.6 Å². The Balaban J connectivity index is 1.70. The SMILES string of the molecule is O=C(CNC(=O)c1cccnc1)NCCc1ccccc1F. The van der Waals surface area contributed by atoms with Crippen molar-refractivity contribution in [2.75, 3.05) is 13.1 Å². The molecule has 1 aromatic heterocycles. The highest BCUT2D eigenvalue weighted by Gasteiger charge is 2.08. The Morgan fingerprint density at radius 2 is 1.91 bits per heavy atom. The molecule has 0 unspecified atom stereocenters. The van der Waals surface area contributed by atoms with Gasteiger partial charge in [-0.1, -0.05) is 18.2 Å². The summed E-state index contributed by atoms with van der Waals surface area (Å²) in [4.78, 5) is 27.2. The molecule has 0 bridgehead atoms. The summed E-state index contributed by atoms with van der Waals surface area (Å²) in [6, 6.07) is 9.67. The van der Waals surface area contributed by atoms with Crippen LogP contribution in [0.3, 0.4) is 0 Å². The van der Waals surface area contributed by atoms with Gasteiger partial charge in [-0.2, -0.15) is 0 Å². The molecule has 0 aliphatic rings. The first-order valence-corrected chi connectivity index (χ1v) is 6.85. The Morgan fingerprint density at radius 3 is 2.64 bits per heavy atom. The van der Waals surface area contributed by atoms with Gasteiger partial charge in [0.25, 0.3) is 5.91 Å². The van der Waals surface area contributed by atoms with Crippen molar-refractivity contribution in [2.24, 2.45) is 0 Å². The van der Waals surface area contributed by atoms with E-state index in [1.54, 1.807) is 36.5 Å². The zero-order valence-electron chi connectivity index (χ0n) is 11.9. The van der Waals surface area contributed by atoms with Gasteiger partial charge in [-0.05, 0) is 30.2 Å². The second kappa shape index (κ2) is 7.87. The topological polar surface area (TPSA) is 71.1 Å². The van der Waals surface area contributed by atoms with Crippen LogP contribution in [0, 0.1) is 5.82 Å². The van der Waals surface area contributed by atoms with Gasteiger partial charge >= 0.3 is 0 Å². The standard InChI is InChI=1S/C16H16FN3O2/c17-14-6-2-1-4-12(14)7-9-19-15(21)11-20-16(22)13-5-3-8-18-10-13/h1-6,8,10H,7,9,11H2,(H,19,21)(H,20,22). The summed E-state index contributed by atoms with van der Waals surface area (Å²) >= 11 is 0. The lowest BCUT2D eigenvalue weighted by molar-refractivity contribution is -0.120. The molecule has 0 fully saturated rings. The molecule has 0 saturated heterocycles. The van der Waals surface area contributed by atoms with E-state index >= 15 is 0 Å². The lowest BCUT2D eigenvalue weighted by atomic mass is 10.1.